The molecule has 0 atom stereocenters. The maximum atomic E-state index is 11.7. The van der Waals surface area contributed by atoms with Crippen LogP contribution in [0.3, 0.4) is 0 Å². The van der Waals surface area contributed by atoms with Gasteiger partial charge in [0.05, 0.1) is 13.2 Å². The maximum Gasteiger partial charge on any atom is 0.357 e. The van der Waals surface area contributed by atoms with Crippen LogP contribution in [-0.4, -0.2) is 24.2 Å². The van der Waals surface area contributed by atoms with Crippen LogP contribution < -0.4 is 4.74 Å². The molecule has 0 bridgehead atoms. The average Bonchev–Trinajstić information content (AvgIpc) is 2.49. The smallest absolute Gasteiger partial charge is 0.357 e. The van der Waals surface area contributed by atoms with Gasteiger partial charge in [-0.25, -0.2) is 9.78 Å². The molecule has 0 spiro atoms. The minimum Gasteiger partial charge on any atom is -0.493 e. The number of pyridine rings is 1. The minimum absolute atomic E-state index is 0.259. The topological polar surface area (TPSA) is 48.4 Å². The van der Waals surface area contributed by atoms with Gasteiger partial charge in [-0.3, -0.25) is 0 Å². The molecule has 2 aromatic rings. The largest absolute Gasteiger partial charge is 0.493 e. The van der Waals surface area contributed by atoms with E-state index >= 15 is 0 Å². The summed E-state index contributed by atoms with van der Waals surface area (Å²) in [5.74, 6) is 0.199. The van der Waals surface area contributed by atoms with Crippen molar-refractivity contribution >= 4 is 5.97 Å². The summed E-state index contributed by atoms with van der Waals surface area (Å²) in [6.07, 6.45) is 1.65. The molecule has 0 aliphatic heterocycles. The van der Waals surface area contributed by atoms with E-state index in [9.17, 15) is 4.79 Å². The summed E-state index contributed by atoms with van der Waals surface area (Å²) >= 11 is 0. The lowest BCUT2D eigenvalue weighted by molar-refractivity contribution is 0.0519. The second-order valence-electron chi connectivity index (χ2n) is 4.09. The van der Waals surface area contributed by atoms with Crippen LogP contribution in [0.15, 0.2) is 42.6 Å². The van der Waals surface area contributed by atoms with Gasteiger partial charge < -0.3 is 9.47 Å². The number of carbonyl (C=O) groups is 1. The predicted octanol–water partition coefficient (Wildman–Crippen LogP) is 3.32. The fourth-order valence-electron chi connectivity index (χ4n) is 1.86. The Kier molecular flexibility index (Phi) is 4.71. The highest BCUT2D eigenvalue weighted by molar-refractivity contribution is 5.88. The molecule has 0 N–H and O–H groups in total. The van der Waals surface area contributed by atoms with E-state index in [1.54, 1.807) is 19.2 Å². The molecule has 20 heavy (non-hydrogen) atoms. The molecule has 0 saturated heterocycles. The van der Waals surface area contributed by atoms with Crippen molar-refractivity contribution in [2.24, 2.45) is 0 Å². The van der Waals surface area contributed by atoms with Gasteiger partial charge in [-0.2, -0.15) is 0 Å². The van der Waals surface area contributed by atoms with Gasteiger partial charge in [-0.1, -0.05) is 30.3 Å². The number of aromatic nitrogens is 1. The summed E-state index contributed by atoms with van der Waals surface area (Å²) in [6.45, 7) is 4.51. The van der Waals surface area contributed by atoms with Crippen molar-refractivity contribution in [3.05, 3.63) is 48.3 Å². The lowest BCUT2D eigenvalue weighted by atomic mass is 10.1. The van der Waals surface area contributed by atoms with Crippen LogP contribution in [-0.2, 0) is 4.74 Å². The van der Waals surface area contributed by atoms with Crippen molar-refractivity contribution in [1.82, 2.24) is 4.98 Å². The van der Waals surface area contributed by atoms with Crippen molar-refractivity contribution in [2.75, 3.05) is 13.2 Å². The first-order valence-corrected chi connectivity index (χ1v) is 6.61. The number of hydrogen-bond acceptors (Lipinski definition) is 4. The Morgan fingerprint density at radius 2 is 1.90 bits per heavy atom. The van der Waals surface area contributed by atoms with E-state index in [0.717, 1.165) is 11.1 Å². The van der Waals surface area contributed by atoms with Crippen LogP contribution in [0.1, 0.15) is 24.3 Å². The SMILES string of the molecule is CCOC(=O)c1cc(OCC)c(-c2ccccc2)cn1. The van der Waals surface area contributed by atoms with E-state index in [1.165, 1.54) is 0 Å². The van der Waals surface area contributed by atoms with Crippen LogP contribution in [0.2, 0.25) is 0 Å². The molecular weight excluding hydrogens is 254 g/mol. The van der Waals surface area contributed by atoms with E-state index in [0.29, 0.717) is 19.0 Å². The molecule has 2 rings (SSSR count). The molecule has 0 unspecified atom stereocenters. The number of ether oxygens (including phenoxy) is 2. The number of carbonyl (C=O) groups excluding carboxylic acids is 1. The average molecular weight is 271 g/mol. The van der Waals surface area contributed by atoms with Gasteiger partial charge in [-0.05, 0) is 19.4 Å². The molecule has 4 heteroatoms. The van der Waals surface area contributed by atoms with Crippen molar-refractivity contribution in [3.8, 4) is 16.9 Å². The third-order valence-corrected chi connectivity index (χ3v) is 2.74. The van der Waals surface area contributed by atoms with Crippen LogP contribution in [0.4, 0.5) is 0 Å². The third-order valence-electron chi connectivity index (χ3n) is 2.74. The Morgan fingerprint density at radius 1 is 1.15 bits per heavy atom. The first kappa shape index (κ1) is 14.1. The van der Waals surface area contributed by atoms with Crippen molar-refractivity contribution in [3.63, 3.8) is 0 Å². The highest BCUT2D eigenvalue weighted by atomic mass is 16.5. The number of rotatable bonds is 5. The lowest BCUT2D eigenvalue weighted by Crippen LogP contribution is -2.08. The summed E-state index contributed by atoms with van der Waals surface area (Å²) < 4.78 is 10.6. The predicted molar refractivity (Wildman–Crippen MR) is 76.8 cm³/mol. The van der Waals surface area contributed by atoms with Crippen molar-refractivity contribution < 1.29 is 14.3 Å². The zero-order valence-corrected chi connectivity index (χ0v) is 11.6. The van der Waals surface area contributed by atoms with Crippen molar-refractivity contribution in [1.29, 1.82) is 0 Å². The number of hydrogen-bond donors (Lipinski definition) is 0. The molecule has 0 saturated carbocycles. The van der Waals surface area contributed by atoms with Gasteiger partial charge in [0.25, 0.3) is 0 Å². The van der Waals surface area contributed by atoms with Crippen LogP contribution >= 0.6 is 0 Å². The van der Waals surface area contributed by atoms with Gasteiger partial charge in [0.15, 0.2) is 5.69 Å². The fraction of sp³-hybridized carbons (Fsp3) is 0.250. The maximum absolute atomic E-state index is 11.7. The summed E-state index contributed by atoms with van der Waals surface area (Å²) in [4.78, 5) is 15.9. The van der Waals surface area contributed by atoms with Crippen LogP contribution in [0, 0.1) is 0 Å². The number of benzene rings is 1. The lowest BCUT2D eigenvalue weighted by Gasteiger charge is -2.11. The number of nitrogens with zero attached hydrogens (tertiary/aromatic N) is 1. The standard InChI is InChI=1S/C16H17NO3/c1-3-19-15-10-14(16(18)20-4-2)17-11-13(15)12-8-6-5-7-9-12/h5-11H,3-4H2,1-2H3. The van der Waals surface area contributed by atoms with Gasteiger partial charge in [0.2, 0.25) is 0 Å². The monoisotopic (exact) mass is 271 g/mol. The Labute approximate surface area is 118 Å². The van der Waals surface area contributed by atoms with Gasteiger partial charge >= 0.3 is 5.97 Å². The first-order valence-electron chi connectivity index (χ1n) is 6.61. The van der Waals surface area contributed by atoms with Crippen LogP contribution in [0.25, 0.3) is 11.1 Å². The third kappa shape index (κ3) is 3.15. The summed E-state index contributed by atoms with van der Waals surface area (Å²) in [5, 5.41) is 0. The summed E-state index contributed by atoms with van der Waals surface area (Å²) in [7, 11) is 0. The molecule has 0 aliphatic carbocycles. The zero-order chi connectivity index (χ0) is 14.4. The van der Waals surface area contributed by atoms with E-state index in [1.807, 2.05) is 37.3 Å². The molecule has 0 amide bonds. The molecule has 4 nitrogen and oxygen atoms in total. The molecule has 104 valence electrons. The quantitative estimate of drug-likeness (QED) is 0.783. The molecule has 0 radical (unpaired) electrons. The molecule has 0 aliphatic rings. The second-order valence-corrected chi connectivity index (χ2v) is 4.09. The Balaban J connectivity index is 2.41. The molecule has 1 heterocycles. The highest BCUT2D eigenvalue weighted by Gasteiger charge is 2.14. The Hall–Kier alpha value is -2.36. The summed E-state index contributed by atoms with van der Waals surface area (Å²) in [5.41, 5.74) is 2.12. The van der Waals surface area contributed by atoms with Gasteiger partial charge in [-0.15, -0.1) is 0 Å². The molecule has 0 fully saturated rings. The van der Waals surface area contributed by atoms with E-state index in [4.69, 9.17) is 9.47 Å². The van der Waals surface area contributed by atoms with Gasteiger partial charge in [0.1, 0.15) is 5.75 Å². The Morgan fingerprint density at radius 3 is 2.55 bits per heavy atom. The van der Waals surface area contributed by atoms with Crippen LogP contribution in [0.5, 0.6) is 5.75 Å². The minimum atomic E-state index is -0.437. The van der Waals surface area contributed by atoms with Crippen molar-refractivity contribution in [2.45, 2.75) is 13.8 Å². The zero-order valence-electron chi connectivity index (χ0n) is 11.6. The highest BCUT2D eigenvalue weighted by Crippen LogP contribution is 2.29. The molecule has 1 aromatic heterocycles. The molecular formula is C16H17NO3. The van der Waals surface area contributed by atoms with E-state index < -0.39 is 5.97 Å². The second kappa shape index (κ2) is 6.70. The Bertz CT molecular complexity index is 582. The number of esters is 1. The van der Waals surface area contributed by atoms with Gasteiger partial charge in [0, 0.05) is 17.8 Å². The summed E-state index contributed by atoms with van der Waals surface area (Å²) in [6, 6.07) is 11.4. The normalized spacial score (nSPS) is 10.1. The molecule has 1 aromatic carbocycles. The fourth-order valence-corrected chi connectivity index (χ4v) is 1.86. The van der Waals surface area contributed by atoms with E-state index in [2.05, 4.69) is 4.98 Å². The van der Waals surface area contributed by atoms with E-state index in [-0.39, 0.29) is 5.69 Å². The first-order chi connectivity index (χ1) is 9.76.